The third-order valence-corrected chi connectivity index (χ3v) is 3.09. The van der Waals surface area contributed by atoms with Crippen LogP contribution in [0.2, 0.25) is 0 Å². The Bertz CT molecular complexity index is 281. The van der Waals surface area contributed by atoms with Crippen LogP contribution in [0.25, 0.3) is 0 Å². The maximum Gasteiger partial charge on any atom is 0.0596 e. The van der Waals surface area contributed by atoms with Gasteiger partial charge in [0.1, 0.15) is 0 Å². The minimum absolute atomic E-state index is 0.316. The Morgan fingerprint density at radius 2 is 2.36 bits per heavy atom. The fourth-order valence-corrected chi connectivity index (χ4v) is 2.41. The van der Waals surface area contributed by atoms with Crippen LogP contribution in [0.3, 0.4) is 0 Å². The minimum atomic E-state index is 0.316. The molecule has 1 aromatic rings. The molecule has 0 saturated carbocycles. The summed E-state index contributed by atoms with van der Waals surface area (Å²) in [6, 6.07) is 2.45. The van der Waals surface area contributed by atoms with Crippen LogP contribution in [-0.4, -0.2) is 21.6 Å². The number of nitrogens with two attached hydrogens (primary N) is 1. The third-order valence-electron chi connectivity index (χ3n) is 2.07. The Labute approximate surface area is 90.1 Å². The van der Waals surface area contributed by atoms with E-state index < -0.39 is 0 Å². The second kappa shape index (κ2) is 5.41. The zero-order chi connectivity index (χ0) is 10.6. The molecule has 80 valence electrons. The summed E-state index contributed by atoms with van der Waals surface area (Å²) < 4.78 is 1.95. The fraction of sp³-hybridized carbons (Fsp3) is 0.700. The first kappa shape index (κ1) is 11.6. The normalized spacial score (nSPS) is 13.1. The molecule has 0 radical (unpaired) electrons. The van der Waals surface area contributed by atoms with E-state index in [1.165, 1.54) is 5.69 Å². The summed E-state index contributed by atoms with van der Waals surface area (Å²) in [5.41, 5.74) is 8.06. The van der Waals surface area contributed by atoms with Gasteiger partial charge in [-0.25, -0.2) is 0 Å². The number of hydrogen-bond donors (Lipinski definition) is 1. The van der Waals surface area contributed by atoms with Crippen molar-refractivity contribution in [3.8, 4) is 0 Å². The van der Waals surface area contributed by atoms with E-state index in [1.54, 1.807) is 0 Å². The molecule has 0 saturated heterocycles. The number of rotatable bonds is 5. The van der Waals surface area contributed by atoms with Crippen molar-refractivity contribution in [2.24, 2.45) is 12.8 Å². The average Bonchev–Trinajstić information content (AvgIpc) is 2.39. The summed E-state index contributed by atoms with van der Waals surface area (Å²) in [4.78, 5) is 0. The molecule has 3 nitrogen and oxygen atoms in total. The molecule has 1 aromatic heterocycles. The summed E-state index contributed by atoms with van der Waals surface area (Å²) in [5.74, 6) is 2.16. The summed E-state index contributed by atoms with van der Waals surface area (Å²) >= 11 is 1.92. The molecule has 14 heavy (non-hydrogen) atoms. The molecule has 4 heteroatoms. The second-order valence-corrected chi connectivity index (χ2v) is 4.82. The van der Waals surface area contributed by atoms with E-state index in [0.717, 1.165) is 23.6 Å². The zero-order valence-electron chi connectivity index (χ0n) is 9.16. The number of nitrogens with zero attached hydrogens (tertiary/aromatic N) is 2. The smallest absolute Gasteiger partial charge is 0.0596 e. The Balaban J connectivity index is 2.28. The highest BCUT2D eigenvalue weighted by Gasteiger charge is 2.02. The lowest BCUT2D eigenvalue weighted by Crippen LogP contribution is -2.15. The van der Waals surface area contributed by atoms with Gasteiger partial charge in [0, 0.05) is 24.5 Å². The van der Waals surface area contributed by atoms with Crippen LogP contribution < -0.4 is 5.73 Å². The van der Waals surface area contributed by atoms with Crippen LogP contribution in [-0.2, 0) is 12.8 Å². The van der Waals surface area contributed by atoms with Gasteiger partial charge in [-0.2, -0.15) is 16.9 Å². The summed E-state index contributed by atoms with van der Waals surface area (Å²) in [7, 11) is 1.99. The van der Waals surface area contributed by atoms with E-state index in [1.807, 2.05) is 30.4 Å². The van der Waals surface area contributed by atoms with Gasteiger partial charge in [0.2, 0.25) is 0 Å². The Hall–Kier alpha value is -0.480. The van der Waals surface area contributed by atoms with E-state index in [0.29, 0.717) is 6.04 Å². The molecule has 0 amide bonds. The van der Waals surface area contributed by atoms with Crippen LogP contribution in [0.4, 0.5) is 0 Å². The van der Waals surface area contributed by atoms with E-state index in [4.69, 9.17) is 5.73 Å². The molecule has 0 aliphatic heterocycles. The number of hydrogen-bond acceptors (Lipinski definition) is 3. The summed E-state index contributed by atoms with van der Waals surface area (Å²) in [5, 5.41) is 4.30. The van der Waals surface area contributed by atoms with Crippen molar-refractivity contribution in [1.82, 2.24) is 9.78 Å². The predicted octanol–water partition coefficient (Wildman–Crippen LogP) is 1.70. The summed E-state index contributed by atoms with van der Waals surface area (Å²) in [6.45, 7) is 4.07. The van der Waals surface area contributed by atoms with E-state index in [2.05, 4.69) is 18.1 Å². The monoisotopic (exact) mass is 213 g/mol. The SMILES string of the molecule is Cc1cc(CSCCC(C)N)n(C)n1. The van der Waals surface area contributed by atoms with Crippen molar-refractivity contribution in [3.05, 3.63) is 17.5 Å². The fourth-order valence-electron chi connectivity index (χ4n) is 1.25. The third kappa shape index (κ3) is 3.72. The van der Waals surface area contributed by atoms with E-state index in [9.17, 15) is 0 Å². The van der Waals surface area contributed by atoms with Gasteiger partial charge >= 0.3 is 0 Å². The number of aromatic nitrogens is 2. The summed E-state index contributed by atoms with van der Waals surface area (Å²) in [6.07, 6.45) is 1.08. The lowest BCUT2D eigenvalue weighted by Gasteiger charge is -2.04. The number of thioether (sulfide) groups is 1. The molecule has 0 aromatic carbocycles. The molecular weight excluding hydrogens is 194 g/mol. The van der Waals surface area contributed by atoms with Crippen molar-refractivity contribution in [3.63, 3.8) is 0 Å². The highest BCUT2D eigenvalue weighted by atomic mass is 32.2. The molecule has 1 rings (SSSR count). The molecule has 0 fully saturated rings. The molecule has 0 bridgehead atoms. The van der Waals surface area contributed by atoms with Gasteiger partial charge in [0.25, 0.3) is 0 Å². The van der Waals surface area contributed by atoms with E-state index in [-0.39, 0.29) is 0 Å². The lowest BCUT2D eigenvalue weighted by atomic mass is 10.3. The second-order valence-electron chi connectivity index (χ2n) is 3.72. The standard InChI is InChI=1S/C10H19N3S/c1-8(11)4-5-14-7-10-6-9(2)12-13(10)3/h6,8H,4-5,7,11H2,1-3H3. The quantitative estimate of drug-likeness (QED) is 0.757. The molecular formula is C10H19N3S. The largest absolute Gasteiger partial charge is 0.328 e. The maximum atomic E-state index is 5.67. The minimum Gasteiger partial charge on any atom is -0.328 e. The van der Waals surface area contributed by atoms with Gasteiger partial charge in [0.15, 0.2) is 0 Å². The maximum absolute atomic E-state index is 5.67. The predicted molar refractivity (Wildman–Crippen MR) is 62.4 cm³/mol. The average molecular weight is 213 g/mol. The lowest BCUT2D eigenvalue weighted by molar-refractivity contribution is 0.717. The highest BCUT2D eigenvalue weighted by Crippen LogP contribution is 2.13. The van der Waals surface area contributed by atoms with Gasteiger partial charge in [-0.05, 0) is 32.1 Å². The first-order chi connectivity index (χ1) is 6.59. The Morgan fingerprint density at radius 1 is 1.64 bits per heavy atom. The highest BCUT2D eigenvalue weighted by molar-refractivity contribution is 7.98. The molecule has 0 aliphatic rings. The molecule has 1 atom stereocenters. The van der Waals surface area contributed by atoms with Crippen molar-refractivity contribution in [2.45, 2.75) is 32.1 Å². The van der Waals surface area contributed by atoms with Crippen LogP contribution in [0.5, 0.6) is 0 Å². The van der Waals surface area contributed by atoms with Crippen molar-refractivity contribution in [2.75, 3.05) is 5.75 Å². The van der Waals surface area contributed by atoms with Crippen LogP contribution in [0.15, 0.2) is 6.07 Å². The van der Waals surface area contributed by atoms with Crippen molar-refractivity contribution in [1.29, 1.82) is 0 Å². The topological polar surface area (TPSA) is 43.8 Å². The first-order valence-corrected chi connectivity index (χ1v) is 6.08. The molecule has 1 heterocycles. The van der Waals surface area contributed by atoms with Crippen molar-refractivity contribution >= 4 is 11.8 Å². The van der Waals surface area contributed by atoms with Gasteiger partial charge in [-0.1, -0.05) is 0 Å². The molecule has 0 aliphatic carbocycles. The Morgan fingerprint density at radius 3 is 2.86 bits per heavy atom. The van der Waals surface area contributed by atoms with E-state index >= 15 is 0 Å². The zero-order valence-corrected chi connectivity index (χ0v) is 9.97. The first-order valence-electron chi connectivity index (χ1n) is 4.92. The van der Waals surface area contributed by atoms with Gasteiger partial charge in [0.05, 0.1) is 5.69 Å². The molecule has 1 unspecified atom stereocenters. The van der Waals surface area contributed by atoms with Gasteiger partial charge < -0.3 is 5.73 Å². The van der Waals surface area contributed by atoms with Gasteiger partial charge in [-0.15, -0.1) is 0 Å². The Kier molecular flexibility index (Phi) is 4.48. The number of aryl methyl sites for hydroxylation is 2. The van der Waals surface area contributed by atoms with Crippen LogP contribution in [0.1, 0.15) is 24.7 Å². The van der Waals surface area contributed by atoms with Crippen LogP contribution in [0, 0.1) is 6.92 Å². The van der Waals surface area contributed by atoms with Gasteiger partial charge in [-0.3, -0.25) is 4.68 Å². The molecule has 0 spiro atoms. The van der Waals surface area contributed by atoms with Crippen molar-refractivity contribution < 1.29 is 0 Å². The van der Waals surface area contributed by atoms with Crippen LogP contribution >= 0.6 is 11.8 Å². The molecule has 2 N–H and O–H groups in total.